The van der Waals surface area contributed by atoms with E-state index in [1.807, 2.05) is 13.0 Å². The van der Waals surface area contributed by atoms with Crippen molar-refractivity contribution in [1.29, 1.82) is 0 Å². The smallest absolute Gasteiger partial charge is 0.341 e. The number of hydrogen-bond donors (Lipinski definition) is 1. The second kappa shape index (κ2) is 5.53. The SMILES string of the molecule is C[C@@H]1O[C@@]12C[C@H](C)[C@](C)(O)C(=O)OCC1=CCN3CC[C@@H](OC2=O)[C@@H]13. The topological polar surface area (TPSA) is 88.6 Å². The van der Waals surface area contributed by atoms with E-state index in [0.717, 1.165) is 25.1 Å². The van der Waals surface area contributed by atoms with Crippen LogP contribution in [0.15, 0.2) is 11.6 Å². The highest BCUT2D eigenvalue weighted by Gasteiger charge is 2.64. The van der Waals surface area contributed by atoms with Crippen LogP contribution in [0.3, 0.4) is 0 Å². The highest BCUT2D eigenvalue weighted by atomic mass is 16.7. The summed E-state index contributed by atoms with van der Waals surface area (Å²) < 4.78 is 16.9. The fraction of sp³-hybridized carbons (Fsp3) is 0.778. The number of ether oxygens (including phenoxy) is 3. The Kier molecular flexibility index (Phi) is 3.76. The van der Waals surface area contributed by atoms with Crippen LogP contribution in [0.1, 0.15) is 33.6 Å². The van der Waals surface area contributed by atoms with Gasteiger partial charge in [-0.3, -0.25) is 4.90 Å². The molecular weight excluding hydrogens is 326 g/mol. The van der Waals surface area contributed by atoms with Crippen molar-refractivity contribution >= 4 is 11.9 Å². The minimum atomic E-state index is -1.69. The summed E-state index contributed by atoms with van der Waals surface area (Å²) in [6, 6.07) is -0.0512. The molecule has 4 aliphatic rings. The molecule has 3 saturated heterocycles. The lowest BCUT2D eigenvalue weighted by molar-refractivity contribution is -0.172. The van der Waals surface area contributed by atoms with Crippen LogP contribution in [0.25, 0.3) is 0 Å². The van der Waals surface area contributed by atoms with Gasteiger partial charge in [-0.1, -0.05) is 13.0 Å². The maximum atomic E-state index is 12.9. The summed E-state index contributed by atoms with van der Waals surface area (Å²) in [4.78, 5) is 27.5. The Balaban J connectivity index is 1.66. The summed E-state index contributed by atoms with van der Waals surface area (Å²) in [6.07, 6.45) is 2.48. The third kappa shape index (κ3) is 2.52. The third-order valence-corrected chi connectivity index (χ3v) is 6.36. The van der Waals surface area contributed by atoms with E-state index in [-0.39, 0.29) is 37.2 Å². The fourth-order valence-corrected chi connectivity index (χ4v) is 4.31. The zero-order chi connectivity index (χ0) is 18.0. The molecule has 7 heteroatoms. The van der Waals surface area contributed by atoms with Gasteiger partial charge in [-0.05, 0) is 38.2 Å². The van der Waals surface area contributed by atoms with Gasteiger partial charge in [0.25, 0.3) is 0 Å². The van der Waals surface area contributed by atoms with Crippen LogP contribution in [-0.2, 0) is 23.8 Å². The standard InChI is InChI=1S/C18H25NO6/c1-10-8-18(11(2)25-18)16(21)24-13-5-7-19-6-4-12(14(13)19)9-23-15(20)17(10,3)22/h4,10-11,13-14,22H,5-9H2,1-3H3/t10-,11-,13+,14+,17-,18-/m0/s1. The molecule has 0 radical (unpaired) electrons. The maximum Gasteiger partial charge on any atom is 0.341 e. The van der Waals surface area contributed by atoms with Crippen molar-refractivity contribution in [2.75, 3.05) is 19.7 Å². The van der Waals surface area contributed by atoms with Crippen molar-refractivity contribution in [2.45, 2.75) is 63.1 Å². The van der Waals surface area contributed by atoms with Gasteiger partial charge in [-0.15, -0.1) is 0 Å². The van der Waals surface area contributed by atoms with Crippen LogP contribution in [0.2, 0.25) is 0 Å². The van der Waals surface area contributed by atoms with Crippen molar-refractivity contribution in [3.63, 3.8) is 0 Å². The molecule has 0 aromatic heterocycles. The molecule has 6 atom stereocenters. The Labute approximate surface area is 146 Å². The van der Waals surface area contributed by atoms with E-state index in [1.165, 1.54) is 6.92 Å². The number of cyclic esters (lactones) is 1. The second-order valence-corrected chi connectivity index (χ2v) is 7.93. The Hall–Kier alpha value is -1.44. The van der Waals surface area contributed by atoms with E-state index in [1.54, 1.807) is 6.92 Å². The monoisotopic (exact) mass is 351 g/mol. The van der Waals surface area contributed by atoms with Crippen LogP contribution >= 0.6 is 0 Å². The lowest BCUT2D eigenvalue weighted by atomic mass is 9.82. The largest absolute Gasteiger partial charge is 0.459 e. The van der Waals surface area contributed by atoms with Gasteiger partial charge in [-0.2, -0.15) is 0 Å². The first-order valence-corrected chi connectivity index (χ1v) is 8.97. The number of aliphatic hydroxyl groups is 1. The maximum absolute atomic E-state index is 12.9. The predicted molar refractivity (Wildman–Crippen MR) is 86.6 cm³/mol. The second-order valence-electron chi connectivity index (χ2n) is 7.93. The molecule has 0 aromatic carbocycles. The van der Waals surface area contributed by atoms with Crippen LogP contribution in [0.4, 0.5) is 0 Å². The summed E-state index contributed by atoms with van der Waals surface area (Å²) in [5.74, 6) is -1.55. The predicted octanol–water partition coefficient (Wildman–Crippen LogP) is 0.404. The van der Waals surface area contributed by atoms with Crippen LogP contribution in [0.5, 0.6) is 0 Å². The molecule has 4 aliphatic heterocycles. The van der Waals surface area contributed by atoms with E-state index in [4.69, 9.17) is 14.2 Å². The first-order chi connectivity index (χ1) is 11.8. The molecule has 0 saturated carbocycles. The van der Waals surface area contributed by atoms with E-state index in [0.29, 0.717) is 0 Å². The molecule has 1 N–H and O–H groups in total. The van der Waals surface area contributed by atoms with Gasteiger partial charge in [0.1, 0.15) is 12.7 Å². The highest BCUT2D eigenvalue weighted by molar-refractivity contribution is 5.84. The highest BCUT2D eigenvalue weighted by Crippen LogP contribution is 2.46. The molecule has 0 aliphatic carbocycles. The molecule has 138 valence electrons. The number of rotatable bonds is 0. The van der Waals surface area contributed by atoms with Crippen molar-refractivity contribution in [3.8, 4) is 0 Å². The average Bonchev–Trinajstić information content (AvgIpc) is 2.91. The van der Waals surface area contributed by atoms with Gasteiger partial charge in [0, 0.05) is 13.1 Å². The first-order valence-electron chi connectivity index (χ1n) is 8.97. The van der Waals surface area contributed by atoms with Gasteiger partial charge < -0.3 is 19.3 Å². The van der Waals surface area contributed by atoms with Gasteiger partial charge >= 0.3 is 11.9 Å². The van der Waals surface area contributed by atoms with E-state index in [2.05, 4.69) is 4.90 Å². The molecule has 25 heavy (non-hydrogen) atoms. The van der Waals surface area contributed by atoms with E-state index >= 15 is 0 Å². The zero-order valence-corrected chi connectivity index (χ0v) is 14.9. The van der Waals surface area contributed by atoms with Gasteiger partial charge in [0.2, 0.25) is 0 Å². The molecule has 0 bridgehead atoms. The fourth-order valence-electron chi connectivity index (χ4n) is 4.31. The Morgan fingerprint density at radius 1 is 1.28 bits per heavy atom. The van der Waals surface area contributed by atoms with Crippen LogP contribution < -0.4 is 0 Å². The number of carbonyl (C=O) groups excluding carboxylic acids is 2. The summed E-state index contributed by atoms with van der Waals surface area (Å²) in [5, 5.41) is 10.7. The summed E-state index contributed by atoms with van der Waals surface area (Å²) in [6.45, 7) is 6.70. The molecule has 1 spiro atoms. The lowest BCUT2D eigenvalue weighted by Crippen LogP contribution is -2.48. The van der Waals surface area contributed by atoms with Crippen molar-refractivity contribution in [1.82, 2.24) is 4.90 Å². The number of esters is 2. The van der Waals surface area contributed by atoms with E-state index < -0.39 is 23.1 Å². The van der Waals surface area contributed by atoms with Crippen molar-refractivity contribution < 1.29 is 28.9 Å². The van der Waals surface area contributed by atoms with Gasteiger partial charge in [-0.25, -0.2) is 9.59 Å². The number of nitrogens with zero attached hydrogens (tertiary/aromatic N) is 1. The molecule has 7 nitrogen and oxygen atoms in total. The summed E-state index contributed by atoms with van der Waals surface area (Å²) in [7, 11) is 0. The third-order valence-electron chi connectivity index (χ3n) is 6.36. The number of carbonyl (C=O) groups is 2. The van der Waals surface area contributed by atoms with Crippen molar-refractivity contribution in [3.05, 3.63) is 11.6 Å². The average molecular weight is 351 g/mol. The van der Waals surface area contributed by atoms with Crippen molar-refractivity contribution in [2.24, 2.45) is 5.92 Å². The Morgan fingerprint density at radius 2 is 2.00 bits per heavy atom. The van der Waals surface area contributed by atoms with Gasteiger partial charge in [0.05, 0.1) is 12.1 Å². The number of hydrogen-bond acceptors (Lipinski definition) is 7. The Bertz CT molecular complexity index is 643. The Morgan fingerprint density at radius 3 is 2.68 bits per heavy atom. The normalized spacial score (nSPS) is 47.4. The molecule has 0 amide bonds. The number of epoxide rings is 1. The minimum absolute atomic E-state index is 0.0512. The molecular formula is C18H25NO6. The van der Waals surface area contributed by atoms with Crippen LogP contribution in [-0.4, -0.2) is 71.1 Å². The molecule has 3 fully saturated rings. The molecule has 0 aromatic rings. The minimum Gasteiger partial charge on any atom is -0.459 e. The van der Waals surface area contributed by atoms with E-state index in [9.17, 15) is 14.7 Å². The first kappa shape index (κ1) is 17.0. The quantitative estimate of drug-likeness (QED) is 0.384. The molecule has 4 heterocycles. The zero-order valence-electron chi connectivity index (χ0n) is 14.9. The summed E-state index contributed by atoms with van der Waals surface area (Å²) in [5.41, 5.74) is -1.82. The van der Waals surface area contributed by atoms with Gasteiger partial charge in [0.15, 0.2) is 11.2 Å². The lowest BCUT2D eigenvalue weighted by Gasteiger charge is -2.32. The van der Waals surface area contributed by atoms with Crippen LogP contribution in [0, 0.1) is 5.92 Å². The molecule has 4 rings (SSSR count). The summed E-state index contributed by atoms with van der Waals surface area (Å²) >= 11 is 0. The molecule has 0 unspecified atom stereocenters.